The number of rotatable bonds is 10. The minimum absolute atomic E-state index is 0.0819. The molecule has 1 unspecified atom stereocenters. The Morgan fingerprint density at radius 3 is 2.35 bits per heavy atom. The van der Waals surface area contributed by atoms with E-state index in [4.69, 9.17) is 5.73 Å². The second kappa shape index (κ2) is 10.6. The lowest BCUT2D eigenvalue weighted by atomic mass is 10.0. The number of aryl methyl sites for hydroxylation is 1. The molecular weight excluding hydrogens is 322 g/mol. The maximum absolute atomic E-state index is 12.3. The van der Waals surface area contributed by atoms with Gasteiger partial charge in [-0.25, -0.2) is 0 Å². The normalized spacial score (nSPS) is 12.1. The van der Waals surface area contributed by atoms with Crippen molar-refractivity contribution in [1.82, 2.24) is 10.2 Å². The van der Waals surface area contributed by atoms with Crippen LogP contribution < -0.4 is 11.1 Å². The molecule has 0 bridgehead atoms. The van der Waals surface area contributed by atoms with E-state index < -0.39 is 0 Å². The third-order valence-corrected chi connectivity index (χ3v) is 4.85. The van der Waals surface area contributed by atoms with Crippen molar-refractivity contribution in [1.29, 1.82) is 0 Å². The topological polar surface area (TPSA) is 58.4 Å². The first-order valence-electron chi connectivity index (χ1n) is 9.52. The quantitative estimate of drug-likeness (QED) is 0.645. The largest absolute Gasteiger partial charge is 0.399 e. The number of nitrogens with two attached hydrogens (primary N) is 1. The molecule has 2 aromatic carbocycles. The summed E-state index contributed by atoms with van der Waals surface area (Å²) >= 11 is 0. The summed E-state index contributed by atoms with van der Waals surface area (Å²) < 4.78 is 0. The van der Waals surface area contributed by atoms with Crippen molar-refractivity contribution in [3.05, 3.63) is 65.7 Å². The minimum atomic E-state index is 0.0819. The van der Waals surface area contributed by atoms with E-state index in [1.807, 2.05) is 30.3 Å². The number of carbonyl (C=O) groups is 1. The van der Waals surface area contributed by atoms with Gasteiger partial charge in [-0.3, -0.25) is 9.69 Å². The van der Waals surface area contributed by atoms with Crippen molar-refractivity contribution in [2.75, 3.05) is 25.4 Å². The number of nitrogen functional groups attached to an aromatic ring is 1. The second-order valence-corrected chi connectivity index (χ2v) is 6.57. The van der Waals surface area contributed by atoms with Crippen molar-refractivity contribution in [2.24, 2.45) is 0 Å². The van der Waals surface area contributed by atoms with E-state index in [-0.39, 0.29) is 5.91 Å². The number of nitrogens with zero attached hydrogens (tertiary/aromatic N) is 1. The van der Waals surface area contributed by atoms with Crippen LogP contribution in [0.15, 0.2) is 54.6 Å². The summed E-state index contributed by atoms with van der Waals surface area (Å²) in [6, 6.07) is 18.5. The average Bonchev–Trinajstić information content (AvgIpc) is 2.67. The number of carbonyl (C=O) groups excluding carboxylic acids is 1. The minimum Gasteiger partial charge on any atom is -0.399 e. The van der Waals surface area contributed by atoms with E-state index in [1.54, 1.807) is 0 Å². The molecule has 3 N–H and O–H groups in total. The van der Waals surface area contributed by atoms with Crippen LogP contribution in [0.2, 0.25) is 0 Å². The molecule has 4 heteroatoms. The Kier molecular flexibility index (Phi) is 8.16. The fraction of sp³-hybridized carbons (Fsp3) is 0.409. The molecule has 0 aliphatic rings. The maximum atomic E-state index is 12.3. The second-order valence-electron chi connectivity index (χ2n) is 6.57. The van der Waals surface area contributed by atoms with Crippen LogP contribution in [-0.2, 0) is 17.6 Å². The Hall–Kier alpha value is -2.33. The van der Waals surface area contributed by atoms with Crippen LogP contribution >= 0.6 is 0 Å². The highest BCUT2D eigenvalue weighted by atomic mass is 16.1. The number of para-hydroxylation sites is 1. The molecule has 1 atom stereocenters. The predicted molar refractivity (Wildman–Crippen MR) is 109 cm³/mol. The van der Waals surface area contributed by atoms with E-state index in [1.165, 1.54) is 5.56 Å². The Bertz CT molecular complexity index is 668. The SMILES string of the molecule is CCN(CC)C(CNC(=O)CCc1ccccc1N)Cc1ccccc1. The molecule has 0 aliphatic heterocycles. The first-order valence-corrected chi connectivity index (χ1v) is 9.52. The molecule has 2 rings (SSSR count). The number of likely N-dealkylation sites (N-methyl/N-ethyl adjacent to an activating group) is 1. The van der Waals surface area contributed by atoms with E-state index >= 15 is 0 Å². The lowest BCUT2D eigenvalue weighted by Gasteiger charge is -2.30. The van der Waals surface area contributed by atoms with Crippen molar-refractivity contribution in [2.45, 2.75) is 39.2 Å². The molecule has 0 aromatic heterocycles. The highest BCUT2D eigenvalue weighted by molar-refractivity contribution is 5.76. The summed E-state index contributed by atoms with van der Waals surface area (Å²) in [5.41, 5.74) is 9.04. The van der Waals surface area contributed by atoms with Gasteiger partial charge in [0.05, 0.1) is 0 Å². The van der Waals surface area contributed by atoms with E-state index in [0.29, 0.717) is 25.4 Å². The summed E-state index contributed by atoms with van der Waals surface area (Å²) in [5, 5.41) is 3.12. The average molecular weight is 354 g/mol. The Morgan fingerprint density at radius 1 is 1.04 bits per heavy atom. The van der Waals surface area contributed by atoms with Gasteiger partial charge < -0.3 is 11.1 Å². The maximum Gasteiger partial charge on any atom is 0.220 e. The third-order valence-electron chi connectivity index (χ3n) is 4.85. The van der Waals surface area contributed by atoms with Gasteiger partial charge in [-0.2, -0.15) is 0 Å². The van der Waals surface area contributed by atoms with Crippen LogP contribution in [0.4, 0.5) is 5.69 Å². The zero-order valence-electron chi connectivity index (χ0n) is 15.9. The molecule has 2 aromatic rings. The molecule has 4 nitrogen and oxygen atoms in total. The molecule has 0 heterocycles. The third kappa shape index (κ3) is 6.19. The van der Waals surface area contributed by atoms with Gasteiger partial charge in [0, 0.05) is 24.7 Å². The smallest absolute Gasteiger partial charge is 0.220 e. The van der Waals surface area contributed by atoms with Crippen LogP contribution in [0, 0.1) is 0 Å². The predicted octanol–water partition coefficient (Wildman–Crippen LogP) is 3.27. The molecule has 0 saturated carbocycles. The van der Waals surface area contributed by atoms with Crippen LogP contribution in [0.3, 0.4) is 0 Å². The van der Waals surface area contributed by atoms with E-state index in [9.17, 15) is 4.79 Å². The molecule has 0 fully saturated rings. The molecule has 0 radical (unpaired) electrons. The lowest BCUT2D eigenvalue weighted by Crippen LogP contribution is -2.45. The standard InChI is InChI=1S/C22H31N3O/c1-3-25(4-2)20(16-18-10-6-5-7-11-18)17-24-22(26)15-14-19-12-8-9-13-21(19)23/h5-13,20H,3-4,14-17,23H2,1-2H3,(H,24,26). The molecule has 0 saturated heterocycles. The summed E-state index contributed by atoms with van der Waals surface area (Å²) in [5.74, 6) is 0.0819. The lowest BCUT2D eigenvalue weighted by molar-refractivity contribution is -0.121. The summed E-state index contributed by atoms with van der Waals surface area (Å²) in [6.07, 6.45) is 2.08. The molecule has 0 aliphatic carbocycles. The molecule has 1 amide bonds. The number of anilines is 1. The number of benzene rings is 2. The molecular formula is C22H31N3O. The van der Waals surface area contributed by atoms with Gasteiger partial charge in [0.2, 0.25) is 5.91 Å². The van der Waals surface area contributed by atoms with Crippen molar-refractivity contribution >= 4 is 11.6 Å². The van der Waals surface area contributed by atoms with Crippen LogP contribution in [0.1, 0.15) is 31.4 Å². The monoisotopic (exact) mass is 353 g/mol. The van der Waals surface area contributed by atoms with Gasteiger partial charge in [0.1, 0.15) is 0 Å². The first kappa shape index (κ1) is 20.0. The van der Waals surface area contributed by atoms with Gasteiger partial charge in [0.25, 0.3) is 0 Å². The van der Waals surface area contributed by atoms with Crippen molar-refractivity contribution in [3.63, 3.8) is 0 Å². The van der Waals surface area contributed by atoms with Gasteiger partial charge in [-0.1, -0.05) is 62.4 Å². The Labute approximate surface area is 157 Å². The zero-order chi connectivity index (χ0) is 18.8. The fourth-order valence-corrected chi connectivity index (χ4v) is 3.29. The molecule has 140 valence electrons. The Balaban J connectivity index is 1.89. The highest BCUT2D eigenvalue weighted by Crippen LogP contribution is 2.13. The van der Waals surface area contributed by atoms with Gasteiger partial charge in [0.15, 0.2) is 0 Å². The highest BCUT2D eigenvalue weighted by Gasteiger charge is 2.17. The van der Waals surface area contributed by atoms with Crippen LogP contribution in [0.25, 0.3) is 0 Å². The fourth-order valence-electron chi connectivity index (χ4n) is 3.29. The summed E-state index contributed by atoms with van der Waals surface area (Å²) in [7, 11) is 0. The van der Waals surface area contributed by atoms with Gasteiger partial charge in [-0.05, 0) is 43.1 Å². The van der Waals surface area contributed by atoms with Crippen molar-refractivity contribution < 1.29 is 4.79 Å². The zero-order valence-corrected chi connectivity index (χ0v) is 15.9. The molecule has 0 spiro atoms. The molecule has 26 heavy (non-hydrogen) atoms. The van der Waals surface area contributed by atoms with Crippen molar-refractivity contribution in [3.8, 4) is 0 Å². The Morgan fingerprint density at radius 2 is 1.69 bits per heavy atom. The van der Waals surface area contributed by atoms with Gasteiger partial charge in [-0.15, -0.1) is 0 Å². The number of hydrogen-bond donors (Lipinski definition) is 2. The number of nitrogens with one attached hydrogen (secondary N) is 1. The van der Waals surface area contributed by atoms with Crippen LogP contribution in [-0.4, -0.2) is 36.5 Å². The number of hydrogen-bond acceptors (Lipinski definition) is 3. The first-order chi connectivity index (χ1) is 12.6. The number of amides is 1. The van der Waals surface area contributed by atoms with Crippen LogP contribution in [0.5, 0.6) is 0 Å². The van der Waals surface area contributed by atoms with Gasteiger partial charge >= 0.3 is 0 Å². The summed E-state index contributed by atoms with van der Waals surface area (Å²) in [4.78, 5) is 14.7. The van der Waals surface area contributed by atoms with E-state index in [2.05, 4.69) is 48.3 Å². The summed E-state index contributed by atoms with van der Waals surface area (Å²) in [6.45, 7) is 6.96. The van der Waals surface area contributed by atoms with E-state index in [0.717, 1.165) is 30.8 Å².